The molecule has 84 valence electrons. The number of H-pyrrole nitrogens is 1. The molecule has 3 aromatic rings. The second kappa shape index (κ2) is 3.86. The van der Waals surface area contributed by atoms with Gasteiger partial charge in [-0.1, -0.05) is 18.2 Å². The van der Waals surface area contributed by atoms with Crippen molar-refractivity contribution in [1.29, 1.82) is 0 Å². The molecule has 3 rings (SSSR count). The number of para-hydroxylation sites is 1. The van der Waals surface area contributed by atoms with Gasteiger partial charge in [-0.25, -0.2) is 9.97 Å². The molecule has 0 bridgehead atoms. The van der Waals surface area contributed by atoms with Crippen LogP contribution in [0.3, 0.4) is 0 Å². The molecule has 0 amide bonds. The zero-order valence-electron chi connectivity index (χ0n) is 9.33. The van der Waals surface area contributed by atoms with Crippen LogP contribution in [0.4, 0.5) is 0 Å². The third-order valence-corrected chi connectivity index (χ3v) is 2.47. The molecule has 0 saturated heterocycles. The molecule has 2 aromatic heterocycles. The van der Waals surface area contributed by atoms with E-state index >= 15 is 0 Å². The lowest BCUT2D eigenvalue weighted by atomic mass is 10.3. The standard InChI is InChI=1S/C12H11N5/c1-9-14-11(16-15-9)12-13-7-8-17(12)10-5-3-2-4-6-10/h2-8H,1H3,(H,14,15,16). The summed E-state index contributed by atoms with van der Waals surface area (Å²) in [5.41, 5.74) is 1.04. The van der Waals surface area contributed by atoms with Gasteiger partial charge in [0.15, 0.2) is 5.82 Å². The maximum absolute atomic E-state index is 4.29. The first-order valence-corrected chi connectivity index (χ1v) is 5.33. The smallest absolute Gasteiger partial charge is 0.217 e. The number of rotatable bonds is 2. The summed E-state index contributed by atoms with van der Waals surface area (Å²) in [5, 5.41) is 6.95. The second-order valence-electron chi connectivity index (χ2n) is 3.70. The predicted molar refractivity (Wildman–Crippen MR) is 63.7 cm³/mol. The Morgan fingerprint density at radius 1 is 1.18 bits per heavy atom. The number of benzene rings is 1. The molecule has 0 unspecified atom stereocenters. The van der Waals surface area contributed by atoms with Crippen LogP contribution in [0.5, 0.6) is 0 Å². The van der Waals surface area contributed by atoms with Crippen LogP contribution in [0.1, 0.15) is 5.82 Å². The Balaban J connectivity index is 2.12. The Kier molecular flexibility index (Phi) is 2.22. The van der Waals surface area contributed by atoms with Gasteiger partial charge in [0, 0.05) is 18.1 Å². The van der Waals surface area contributed by atoms with Gasteiger partial charge in [0.2, 0.25) is 5.82 Å². The molecular formula is C12H11N5. The monoisotopic (exact) mass is 225 g/mol. The van der Waals surface area contributed by atoms with Gasteiger partial charge in [0.25, 0.3) is 0 Å². The summed E-state index contributed by atoms with van der Waals surface area (Å²) in [4.78, 5) is 8.58. The minimum atomic E-state index is 0.608. The number of hydrogen-bond donors (Lipinski definition) is 1. The molecule has 0 spiro atoms. The van der Waals surface area contributed by atoms with Gasteiger partial charge in [-0.15, -0.1) is 0 Å². The van der Waals surface area contributed by atoms with Crippen LogP contribution in [0.25, 0.3) is 17.3 Å². The molecule has 0 saturated carbocycles. The maximum Gasteiger partial charge on any atom is 0.217 e. The van der Waals surface area contributed by atoms with E-state index in [1.807, 2.05) is 48.0 Å². The van der Waals surface area contributed by atoms with E-state index in [0.29, 0.717) is 5.82 Å². The fourth-order valence-electron chi connectivity index (χ4n) is 1.71. The molecule has 0 aliphatic rings. The van der Waals surface area contributed by atoms with E-state index < -0.39 is 0 Å². The highest BCUT2D eigenvalue weighted by Crippen LogP contribution is 2.17. The van der Waals surface area contributed by atoms with Crippen molar-refractivity contribution in [2.75, 3.05) is 0 Å². The lowest BCUT2D eigenvalue weighted by Crippen LogP contribution is -1.97. The van der Waals surface area contributed by atoms with Gasteiger partial charge in [-0.2, -0.15) is 5.10 Å². The largest absolute Gasteiger partial charge is 0.297 e. The van der Waals surface area contributed by atoms with Crippen LogP contribution >= 0.6 is 0 Å². The Bertz CT molecular complexity index is 623. The van der Waals surface area contributed by atoms with E-state index in [0.717, 1.165) is 17.3 Å². The quantitative estimate of drug-likeness (QED) is 0.725. The van der Waals surface area contributed by atoms with Gasteiger partial charge in [0.05, 0.1) is 0 Å². The number of imidazole rings is 1. The molecule has 0 atom stereocenters. The van der Waals surface area contributed by atoms with Crippen molar-refractivity contribution in [2.24, 2.45) is 0 Å². The molecule has 1 N–H and O–H groups in total. The summed E-state index contributed by atoms with van der Waals surface area (Å²) in [7, 11) is 0. The van der Waals surface area contributed by atoms with Crippen molar-refractivity contribution >= 4 is 0 Å². The van der Waals surface area contributed by atoms with Crippen molar-refractivity contribution in [2.45, 2.75) is 6.92 Å². The minimum Gasteiger partial charge on any atom is -0.297 e. The molecule has 1 aromatic carbocycles. The zero-order valence-corrected chi connectivity index (χ0v) is 9.33. The van der Waals surface area contributed by atoms with E-state index in [1.165, 1.54) is 0 Å². The van der Waals surface area contributed by atoms with Crippen molar-refractivity contribution in [1.82, 2.24) is 24.7 Å². The number of aromatic nitrogens is 5. The number of nitrogens with zero attached hydrogens (tertiary/aromatic N) is 4. The van der Waals surface area contributed by atoms with Crippen LogP contribution in [-0.2, 0) is 0 Å². The fraction of sp³-hybridized carbons (Fsp3) is 0.0833. The van der Waals surface area contributed by atoms with Crippen LogP contribution in [0.15, 0.2) is 42.7 Å². The van der Waals surface area contributed by atoms with Crippen molar-refractivity contribution < 1.29 is 0 Å². The second-order valence-corrected chi connectivity index (χ2v) is 3.70. The molecule has 0 radical (unpaired) electrons. The molecule has 2 heterocycles. The van der Waals surface area contributed by atoms with Crippen molar-refractivity contribution in [3.8, 4) is 17.3 Å². The summed E-state index contributed by atoms with van der Waals surface area (Å²) >= 11 is 0. The lowest BCUT2D eigenvalue weighted by molar-refractivity contribution is 1.01. The average molecular weight is 225 g/mol. The van der Waals surface area contributed by atoms with E-state index in [-0.39, 0.29) is 0 Å². The van der Waals surface area contributed by atoms with Crippen molar-refractivity contribution in [3.63, 3.8) is 0 Å². The molecule has 17 heavy (non-hydrogen) atoms. The summed E-state index contributed by atoms with van der Waals surface area (Å²) in [6.07, 6.45) is 3.64. The normalized spacial score (nSPS) is 10.6. The van der Waals surface area contributed by atoms with Crippen LogP contribution in [0, 0.1) is 6.92 Å². The highest BCUT2D eigenvalue weighted by molar-refractivity contribution is 5.49. The maximum atomic E-state index is 4.29. The number of nitrogens with one attached hydrogen (secondary N) is 1. The molecule has 5 nitrogen and oxygen atoms in total. The first-order valence-electron chi connectivity index (χ1n) is 5.33. The van der Waals surface area contributed by atoms with E-state index in [4.69, 9.17) is 0 Å². The van der Waals surface area contributed by atoms with E-state index in [9.17, 15) is 0 Å². The van der Waals surface area contributed by atoms with Gasteiger partial charge in [-0.3, -0.25) is 9.67 Å². The predicted octanol–water partition coefficient (Wildman–Crippen LogP) is 1.97. The first kappa shape index (κ1) is 9.77. The Labute approximate surface area is 98.2 Å². The first-order chi connectivity index (χ1) is 8.34. The molecular weight excluding hydrogens is 214 g/mol. The van der Waals surface area contributed by atoms with Gasteiger partial charge in [-0.05, 0) is 19.1 Å². The van der Waals surface area contributed by atoms with E-state index in [1.54, 1.807) is 6.20 Å². The summed E-state index contributed by atoms with van der Waals surface area (Å²) in [6.45, 7) is 1.87. The lowest BCUT2D eigenvalue weighted by Gasteiger charge is -2.04. The molecule has 0 aliphatic heterocycles. The Hall–Kier alpha value is -2.43. The van der Waals surface area contributed by atoms with Crippen LogP contribution < -0.4 is 0 Å². The minimum absolute atomic E-state index is 0.608. The average Bonchev–Trinajstić information content (AvgIpc) is 2.98. The van der Waals surface area contributed by atoms with Gasteiger partial charge < -0.3 is 0 Å². The van der Waals surface area contributed by atoms with E-state index in [2.05, 4.69) is 20.2 Å². The zero-order chi connectivity index (χ0) is 11.7. The fourth-order valence-corrected chi connectivity index (χ4v) is 1.71. The van der Waals surface area contributed by atoms with Crippen molar-refractivity contribution in [3.05, 3.63) is 48.5 Å². The number of hydrogen-bond acceptors (Lipinski definition) is 3. The van der Waals surface area contributed by atoms with Crippen LogP contribution in [-0.4, -0.2) is 24.7 Å². The highest BCUT2D eigenvalue weighted by Gasteiger charge is 2.11. The third kappa shape index (κ3) is 1.71. The molecule has 0 aliphatic carbocycles. The Morgan fingerprint density at radius 3 is 2.71 bits per heavy atom. The topological polar surface area (TPSA) is 59.4 Å². The summed E-state index contributed by atoms with van der Waals surface area (Å²) < 4.78 is 1.96. The molecule has 0 fully saturated rings. The SMILES string of the molecule is Cc1nc(-c2nccn2-c2ccccc2)n[nH]1. The molecule has 5 heteroatoms. The van der Waals surface area contributed by atoms with Crippen LogP contribution in [0.2, 0.25) is 0 Å². The third-order valence-electron chi connectivity index (χ3n) is 2.47. The summed E-state index contributed by atoms with van der Waals surface area (Å²) in [6, 6.07) is 10.00. The Morgan fingerprint density at radius 2 is 2.00 bits per heavy atom. The summed E-state index contributed by atoms with van der Waals surface area (Å²) in [5.74, 6) is 2.12. The number of aromatic amines is 1. The van der Waals surface area contributed by atoms with Gasteiger partial charge in [0.1, 0.15) is 5.82 Å². The van der Waals surface area contributed by atoms with Gasteiger partial charge >= 0.3 is 0 Å². The number of aryl methyl sites for hydroxylation is 1. The highest BCUT2D eigenvalue weighted by atomic mass is 15.2.